The minimum absolute atomic E-state index is 0.000556. The van der Waals surface area contributed by atoms with Crippen LogP contribution in [0.5, 0.6) is 0 Å². The lowest BCUT2D eigenvalue weighted by molar-refractivity contribution is -0.119. The van der Waals surface area contributed by atoms with E-state index in [0.29, 0.717) is 37.7 Å². The molecule has 1 aliphatic heterocycles. The molecule has 5 nitrogen and oxygen atoms in total. The van der Waals surface area contributed by atoms with Crippen molar-refractivity contribution in [2.24, 2.45) is 0 Å². The van der Waals surface area contributed by atoms with Crippen LogP contribution in [-0.2, 0) is 17.6 Å². The molecule has 5 heteroatoms. The van der Waals surface area contributed by atoms with Gasteiger partial charge in [-0.1, -0.05) is 0 Å². The van der Waals surface area contributed by atoms with Crippen LogP contribution in [0.1, 0.15) is 30.5 Å². The third kappa shape index (κ3) is 1.85. The number of H-pyrrole nitrogens is 1. The van der Waals surface area contributed by atoms with Crippen molar-refractivity contribution in [3.05, 3.63) is 21.6 Å². The van der Waals surface area contributed by atoms with E-state index in [9.17, 15) is 9.59 Å². The van der Waals surface area contributed by atoms with Crippen LogP contribution in [0.15, 0.2) is 4.79 Å². The Balaban J connectivity index is 1.91. The zero-order valence-corrected chi connectivity index (χ0v) is 9.66. The van der Waals surface area contributed by atoms with Crippen LogP contribution in [0.25, 0.3) is 0 Å². The van der Waals surface area contributed by atoms with Gasteiger partial charge in [0.1, 0.15) is 5.78 Å². The number of fused-ring (bicyclic) bond motifs is 1. The Kier molecular flexibility index (Phi) is 2.46. The summed E-state index contributed by atoms with van der Waals surface area (Å²) < 4.78 is 0. The minimum Gasteiger partial charge on any atom is -0.341 e. The third-order valence-electron chi connectivity index (χ3n) is 3.55. The lowest BCUT2D eigenvalue weighted by Gasteiger charge is -2.26. The van der Waals surface area contributed by atoms with Crippen LogP contribution in [0.2, 0.25) is 0 Å². The molecule has 90 valence electrons. The molecule has 1 aromatic heterocycles. The summed E-state index contributed by atoms with van der Waals surface area (Å²) in [5.41, 5.74) is 1.79. The highest BCUT2D eigenvalue weighted by Crippen LogP contribution is 2.19. The summed E-state index contributed by atoms with van der Waals surface area (Å²) in [5, 5.41) is 0. The first-order valence-corrected chi connectivity index (χ1v) is 6.13. The van der Waals surface area contributed by atoms with E-state index in [2.05, 4.69) is 9.97 Å². The second-order valence-corrected chi connectivity index (χ2v) is 4.69. The van der Waals surface area contributed by atoms with Crippen molar-refractivity contribution >= 4 is 11.7 Å². The number of carbonyl (C=O) groups is 1. The summed E-state index contributed by atoms with van der Waals surface area (Å²) >= 11 is 0. The Bertz CT molecular complexity index is 511. The summed E-state index contributed by atoms with van der Waals surface area (Å²) in [6.45, 7) is 1.33. The molecule has 1 N–H and O–H groups in total. The summed E-state index contributed by atoms with van der Waals surface area (Å²) in [6, 6.07) is 0. The van der Waals surface area contributed by atoms with Gasteiger partial charge < -0.3 is 4.90 Å². The number of ketones is 1. The van der Waals surface area contributed by atoms with Gasteiger partial charge in [0.25, 0.3) is 5.56 Å². The van der Waals surface area contributed by atoms with E-state index >= 15 is 0 Å². The molecule has 0 amide bonds. The highest BCUT2D eigenvalue weighted by molar-refractivity contribution is 5.80. The van der Waals surface area contributed by atoms with E-state index in [1.807, 2.05) is 4.90 Å². The van der Waals surface area contributed by atoms with Crippen LogP contribution in [0, 0.1) is 0 Å². The van der Waals surface area contributed by atoms with E-state index < -0.39 is 0 Å². The van der Waals surface area contributed by atoms with Crippen molar-refractivity contribution in [3.8, 4) is 0 Å². The first kappa shape index (κ1) is 10.5. The van der Waals surface area contributed by atoms with Crippen LogP contribution in [0.4, 0.5) is 5.95 Å². The number of aromatic amines is 1. The van der Waals surface area contributed by atoms with Gasteiger partial charge >= 0.3 is 0 Å². The lowest BCUT2D eigenvalue weighted by Crippen LogP contribution is -2.36. The number of anilines is 1. The van der Waals surface area contributed by atoms with Crippen LogP contribution < -0.4 is 10.5 Å². The number of nitrogens with one attached hydrogen (secondary N) is 1. The van der Waals surface area contributed by atoms with E-state index in [0.717, 1.165) is 30.5 Å². The Morgan fingerprint density at radius 3 is 2.59 bits per heavy atom. The normalized spacial score (nSPS) is 19.5. The maximum absolute atomic E-state index is 11.8. The maximum Gasteiger partial charge on any atom is 0.255 e. The second-order valence-electron chi connectivity index (χ2n) is 4.69. The predicted octanol–water partition coefficient (Wildman–Crippen LogP) is 0.428. The molecular weight excluding hydrogens is 218 g/mol. The zero-order chi connectivity index (χ0) is 11.8. The van der Waals surface area contributed by atoms with Gasteiger partial charge in [0.05, 0.1) is 5.69 Å². The van der Waals surface area contributed by atoms with Crippen molar-refractivity contribution < 1.29 is 4.79 Å². The molecule has 2 heterocycles. The fourth-order valence-electron chi connectivity index (χ4n) is 2.55. The molecule has 17 heavy (non-hydrogen) atoms. The smallest absolute Gasteiger partial charge is 0.255 e. The Morgan fingerprint density at radius 2 is 1.82 bits per heavy atom. The Hall–Kier alpha value is -1.65. The van der Waals surface area contributed by atoms with Crippen molar-refractivity contribution in [2.45, 2.75) is 32.1 Å². The molecule has 0 radical (unpaired) electrons. The molecule has 1 aliphatic carbocycles. The van der Waals surface area contributed by atoms with Gasteiger partial charge in [0.2, 0.25) is 5.95 Å². The molecular formula is C12H15N3O2. The average molecular weight is 233 g/mol. The molecule has 0 spiro atoms. The quantitative estimate of drug-likeness (QED) is 0.763. The van der Waals surface area contributed by atoms with Gasteiger partial charge in [0.15, 0.2) is 0 Å². The fraction of sp³-hybridized carbons (Fsp3) is 0.583. The fourth-order valence-corrected chi connectivity index (χ4v) is 2.55. The monoisotopic (exact) mass is 233 g/mol. The van der Waals surface area contributed by atoms with Crippen molar-refractivity contribution in [3.63, 3.8) is 0 Å². The van der Waals surface area contributed by atoms with Gasteiger partial charge in [-0.15, -0.1) is 0 Å². The molecule has 1 aromatic rings. The minimum atomic E-state index is -0.000556. The number of carbonyl (C=O) groups excluding carboxylic acids is 1. The highest BCUT2D eigenvalue weighted by atomic mass is 16.1. The zero-order valence-electron chi connectivity index (χ0n) is 9.66. The maximum atomic E-state index is 11.8. The van der Waals surface area contributed by atoms with Gasteiger partial charge in [-0.25, -0.2) is 4.98 Å². The second kappa shape index (κ2) is 3.98. The van der Waals surface area contributed by atoms with Crippen molar-refractivity contribution in [2.75, 3.05) is 18.0 Å². The number of Topliss-reactive ketones (excluding diaryl/α,β-unsaturated/α-hetero) is 1. The molecule has 0 bridgehead atoms. The number of rotatable bonds is 1. The number of piperidine rings is 1. The van der Waals surface area contributed by atoms with Crippen LogP contribution in [-0.4, -0.2) is 28.8 Å². The number of nitrogens with zero attached hydrogens (tertiary/aromatic N) is 2. The van der Waals surface area contributed by atoms with Crippen LogP contribution >= 0.6 is 0 Å². The molecule has 0 aromatic carbocycles. The molecule has 1 fully saturated rings. The van der Waals surface area contributed by atoms with E-state index in [-0.39, 0.29) is 5.56 Å². The standard InChI is InChI=1S/C12H15N3O2/c16-8-4-6-15(7-5-8)12-13-10-3-1-2-9(10)11(17)14-12/h1-7H2,(H,13,14,17). The summed E-state index contributed by atoms with van der Waals surface area (Å²) in [5.74, 6) is 0.938. The van der Waals surface area contributed by atoms with E-state index in [1.54, 1.807) is 0 Å². The predicted molar refractivity (Wildman–Crippen MR) is 63.3 cm³/mol. The lowest BCUT2D eigenvalue weighted by atomic mass is 10.1. The highest BCUT2D eigenvalue weighted by Gasteiger charge is 2.22. The molecule has 1 saturated heterocycles. The molecule has 0 atom stereocenters. The number of hydrogen-bond donors (Lipinski definition) is 1. The largest absolute Gasteiger partial charge is 0.341 e. The van der Waals surface area contributed by atoms with E-state index in [1.165, 1.54) is 0 Å². The first-order chi connectivity index (χ1) is 8.24. The number of hydrogen-bond acceptors (Lipinski definition) is 4. The molecule has 0 unspecified atom stereocenters. The van der Waals surface area contributed by atoms with Gasteiger partial charge in [-0.05, 0) is 19.3 Å². The number of aromatic nitrogens is 2. The van der Waals surface area contributed by atoms with Crippen LogP contribution in [0.3, 0.4) is 0 Å². The third-order valence-corrected chi connectivity index (χ3v) is 3.55. The van der Waals surface area contributed by atoms with Crippen molar-refractivity contribution in [1.29, 1.82) is 0 Å². The topological polar surface area (TPSA) is 66.1 Å². The van der Waals surface area contributed by atoms with E-state index in [4.69, 9.17) is 0 Å². The average Bonchev–Trinajstić information content (AvgIpc) is 2.78. The van der Waals surface area contributed by atoms with Gasteiger partial charge in [0, 0.05) is 31.5 Å². The Morgan fingerprint density at radius 1 is 1.06 bits per heavy atom. The molecule has 3 rings (SSSR count). The SMILES string of the molecule is O=C1CCN(c2nc3c(c(=O)[nH]2)CCC3)CC1. The summed E-state index contributed by atoms with van der Waals surface area (Å²) in [4.78, 5) is 32.4. The summed E-state index contributed by atoms with van der Waals surface area (Å²) in [7, 11) is 0. The van der Waals surface area contributed by atoms with Gasteiger partial charge in [-0.3, -0.25) is 14.6 Å². The Labute approximate surface area is 98.9 Å². The van der Waals surface area contributed by atoms with Crippen molar-refractivity contribution in [1.82, 2.24) is 9.97 Å². The molecule has 0 saturated carbocycles. The first-order valence-electron chi connectivity index (χ1n) is 6.13. The number of aryl methyl sites for hydroxylation is 1. The summed E-state index contributed by atoms with van der Waals surface area (Å²) in [6.07, 6.45) is 3.88. The van der Waals surface area contributed by atoms with Gasteiger partial charge in [-0.2, -0.15) is 0 Å². The molecule has 2 aliphatic rings.